The average Bonchev–Trinajstić information content (AvgIpc) is 3.33. The number of nitrogens with one attached hydrogen (secondary N) is 2. The molecule has 0 radical (unpaired) electrons. The number of aromatic nitrogens is 2. The number of rotatable bonds is 5. The molecule has 172 valence electrons. The van der Waals surface area contributed by atoms with E-state index in [9.17, 15) is 9.59 Å². The van der Waals surface area contributed by atoms with Crippen LogP contribution in [0, 0.1) is 13.8 Å². The van der Waals surface area contributed by atoms with Gasteiger partial charge in [0.2, 0.25) is 5.01 Å². The Hall–Kier alpha value is -3.46. The number of amides is 3. The van der Waals surface area contributed by atoms with E-state index in [4.69, 9.17) is 4.74 Å². The lowest BCUT2D eigenvalue weighted by Crippen LogP contribution is -2.40. The van der Waals surface area contributed by atoms with E-state index in [1.165, 1.54) is 16.9 Å². The minimum atomic E-state index is -0.283. The number of carbonyl (C=O) groups is 2. The summed E-state index contributed by atoms with van der Waals surface area (Å²) in [5, 5.41) is 15.3. The van der Waals surface area contributed by atoms with Crippen LogP contribution in [0.15, 0.2) is 42.5 Å². The average molecular weight is 466 g/mol. The maximum absolute atomic E-state index is 12.6. The van der Waals surface area contributed by atoms with Crippen LogP contribution in [0.2, 0.25) is 0 Å². The van der Waals surface area contributed by atoms with E-state index in [2.05, 4.69) is 20.8 Å². The molecule has 3 amide bonds. The highest BCUT2D eigenvalue weighted by Crippen LogP contribution is 2.31. The third-order valence-corrected chi connectivity index (χ3v) is 6.96. The van der Waals surface area contributed by atoms with Crippen molar-refractivity contribution in [1.29, 1.82) is 0 Å². The molecule has 1 fully saturated rings. The lowest BCUT2D eigenvalue weighted by atomic mass is 9.98. The molecule has 2 N–H and O–H groups in total. The van der Waals surface area contributed by atoms with Crippen LogP contribution in [0.1, 0.15) is 44.7 Å². The van der Waals surface area contributed by atoms with Gasteiger partial charge in [-0.15, -0.1) is 10.2 Å². The van der Waals surface area contributed by atoms with Gasteiger partial charge in [-0.2, -0.15) is 0 Å². The second-order valence-electron chi connectivity index (χ2n) is 8.12. The highest BCUT2D eigenvalue weighted by atomic mass is 32.1. The summed E-state index contributed by atoms with van der Waals surface area (Å²) >= 11 is 1.31. The Morgan fingerprint density at radius 1 is 0.970 bits per heavy atom. The lowest BCUT2D eigenvalue weighted by Gasteiger charge is -2.31. The predicted molar refractivity (Wildman–Crippen MR) is 129 cm³/mol. The Morgan fingerprint density at radius 3 is 2.33 bits per heavy atom. The van der Waals surface area contributed by atoms with Crippen molar-refractivity contribution in [2.45, 2.75) is 32.6 Å². The molecule has 1 saturated heterocycles. The summed E-state index contributed by atoms with van der Waals surface area (Å²) in [7, 11) is 1.60. The van der Waals surface area contributed by atoms with Gasteiger partial charge >= 0.3 is 6.03 Å². The summed E-state index contributed by atoms with van der Waals surface area (Å²) < 4.78 is 5.13. The Balaban J connectivity index is 1.30. The molecule has 1 aromatic heterocycles. The zero-order chi connectivity index (χ0) is 23.4. The first kappa shape index (κ1) is 22.7. The van der Waals surface area contributed by atoms with Gasteiger partial charge in [0.1, 0.15) is 10.8 Å². The second-order valence-corrected chi connectivity index (χ2v) is 9.13. The van der Waals surface area contributed by atoms with Crippen molar-refractivity contribution in [2.24, 2.45) is 0 Å². The number of aryl methyl sites for hydroxylation is 2. The van der Waals surface area contributed by atoms with E-state index in [1.54, 1.807) is 31.4 Å². The van der Waals surface area contributed by atoms with Crippen LogP contribution in [0.4, 0.5) is 16.2 Å². The van der Waals surface area contributed by atoms with Gasteiger partial charge in [0.25, 0.3) is 5.91 Å². The van der Waals surface area contributed by atoms with Gasteiger partial charge in [-0.3, -0.25) is 4.79 Å². The molecule has 8 nitrogen and oxygen atoms in total. The number of nitrogens with zero attached hydrogens (tertiary/aromatic N) is 3. The number of ether oxygens (including phenoxy) is 1. The fourth-order valence-corrected chi connectivity index (χ4v) is 4.61. The Labute approximate surface area is 197 Å². The molecule has 0 bridgehead atoms. The number of piperidine rings is 1. The maximum Gasteiger partial charge on any atom is 0.321 e. The number of methoxy groups -OCH3 is 1. The fraction of sp³-hybridized carbons (Fsp3) is 0.333. The van der Waals surface area contributed by atoms with Crippen molar-refractivity contribution in [3.63, 3.8) is 0 Å². The van der Waals surface area contributed by atoms with E-state index < -0.39 is 0 Å². The molecule has 0 spiro atoms. The molecule has 0 atom stereocenters. The predicted octanol–water partition coefficient (Wildman–Crippen LogP) is 4.83. The van der Waals surface area contributed by atoms with Crippen LogP contribution in [0.5, 0.6) is 5.75 Å². The molecular formula is C24H27N5O3S. The molecule has 33 heavy (non-hydrogen) atoms. The summed E-state index contributed by atoms with van der Waals surface area (Å²) in [6.07, 6.45) is 1.57. The van der Waals surface area contributed by atoms with Crippen LogP contribution in [0.25, 0.3) is 0 Å². The van der Waals surface area contributed by atoms with Gasteiger partial charge < -0.3 is 20.3 Å². The molecule has 0 unspecified atom stereocenters. The highest BCUT2D eigenvalue weighted by molar-refractivity contribution is 7.13. The van der Waals surface area contributed by atoms with E-state index in [0.717, 1.165) is 34.8 Å². The number of likely N-dealkylation sites (tertiary alicyclic amines) is 1. The SMILES string of the molecule is COc1ccc(NC(=O)c2nnc(C3CCN(C(=O)Nc4ccc(C)c(C)c4)CC3)s2)cc1. The molecule has 4 rings (SSSR count). The summed E-state index contributed by atoms with van der Waals surface area (Å²) in [4.78, 5) is 27.0. The number of hydrogen-bond acceptors (Lipinski definition) is 6. The van der Waals surface area contributed by atoms with Gasteiger partial charge in [0.15, 0.2) is 0 Å². The minimum Gasteiger partial charge on any atom is -0.497 e. The molecule has 3 aromatic rings. The quantitative estimate of drug-likeness (QED) is 0.563. The van der Waals surface area contributed by atoms with Crippen molar-refractivity contribution >= 4 is 34.6 Å². The van der Waals surface area contributed by atoms with Crippen molar-refractivity contribution in [2.75, 3.05) is 30.8 Å². The molecular weight excluding hydrogens is 438 g/mol. The second kappa shape index (κ2) is 9.99. The number of carbonyl (C=O) groups excluding carboxylic acids is 2. The molecule has 9 heteroatoms. The zero-order valence-corrected chi connectivity index (χ0v) is 19.7. The summed E-state index contributed by atoms with van der Waals surface area (Å²) in [5.74, 6) is 0.630. The smallest absolute Gasteiger partial charge is 0.321 e. The monoisotopic (exact) mass is 465 g/mol. The molecule has 2 aromatic carbocycles. The third-order valence-electron chi connectivity index (χ3n) is 5.87. The molecule has 1 aliphatic heterocycles. The Bertz CT molecular complexity index is 1140. The molecule has 0 saturated carbocycles. The summed E-state index contributed by atoms with van der Waals surface area (Å²) in [6.45, 7) is 5.35. The largest absolute Gasteiger partial charge is 0.497 e. The summed E-state index contributed by atoms with van der Waals surface area (Å²) in [5.41, 5.74) is 3.82. The zero-order valence-electron chi connectivity index (χ0n) is 18.9. The van der Waals surface area contributed by atoms with E-state index in [-0.39, 0.29) is 17.9 Å². The van der Waals surface area contributed by atoms with E-state index >= 15 is 0 Å². The summed E-state index contributed by atoms with van der Waals surface area (Å²) in [6, 6.07) is 12.9. The van der Waals surface area contributed by atoms with Gasteiger partial charge in [0.05, 0.1) is 7.11 Å². The van der Waals surface area contributed by atoms with Crippen molar-refractivity contribution in [3.05, 3.63) is 63.6 Å². The van der Waals surface area contributed by atoms with Crippen LogP contribution in [-0.2, 0) is 0 Å². The van der Waals surface area contributed by atoms with Crippen LogP contribution >= 0.6 is 11.3 Å². The van der Waals surface area contributed by atoms with Crippen LogP contribution < -0.4 is 15.4 Å². The van der Waals surface area contributed by atoms with Crippen LogP contribution in [0.3, 0.4) is 0 Å². The topological polar surface area (TPSA) is 96.4 Å². The Kier molecular flexibility index (Phi) is 6.88. The number of hydrogen-bond donors (Lipinski definition) is 2. The standard InChI is InChI=1S/C24H27N5O3S/c1-15-4-5-19(14-16(15)2)26-24(31)29-12-10-17(11-13-29)22-27-28-23(33-22)21(30)25-18-6-8-20(32-3)9-7-18/h4-9,14,17H,10-13H2,1-3H3,(H,25,30)(H,26,31). The first-order valence-electron chi connectivity index (χ1n) is 10.8. The number of anilines is 2. The van der Waals surface area contributed by atoms with Gasteiger partial charge in [-0.05, 0) is 74.2 Å². The Morgan fingerprint density at radius 2 is 1.67 bits per heavy atom. The van der Waals surface area contributed by atoms with Gasteiger partial charge in [0, 0.05) is 30.4 Å². The molecule has 0 aliphatic carbocycles. The third kappa shape index (κ3) is 5.48. The molecule has 2 heterocycles. The maximum atomic E-state index is 12.6. The molecule has 1 aliphatic rings. The van der Waals surface area contributed by atoms with Crippen LogP contribution in [-0.4, -0.2) is 47.2 Å². The first-order valence-corrected chi connectivity index (χ1v) is 11.7. The normalized spacial score (nSPS) is 14.1. The van der Waals surface area contributed by atoms with Gasteiger partial charge in [-0.25, -0.2) is 4.79 Å². The van der Waals surface area contributed by atoms with E-state index in [1.807, 2.05) is 36.9 Å². The fourth-order valence-electron chi connectivity index (χ4n) is 3.70. The number of urea groups is 1. The van der Waals surface area contributed by atoms with Crippen molar-refractivity contribution < 1.29 is 14.3 Å². The van der Waals surface area contributed by atoms with E-state index in [0.29, 0.717) is 23.8 Å². The minimum absolute atomic E-state index is 0.0893. The van der Waals surface area contributed by atoms with Gasteiger partial charge in [-0.1, -0.05) is 17.4 Å². The highest BCUT2D eigenvalue weighted by Gasteiger charge is 2.27. The van der Waals surface area contributed by atoms with Crippen molar-refractivity contribution in [1.82, 2.24) is 15.1 Å². The van der Waals surface area contributed by atoms with Crippen molar-refractivity contribution in [3.8, 4) is 5.75 Å². The number of benzene rings is 2. The lowest BCUT2D eigenvalue weighted by molar-refractivity contribution is 0.102. The first-order chi connectivity index (χ1) is 15.9.